The molecular weight excluding hydrogens is 740 g/mol. The van der Waals surface area contributed by atoms with E-state index < -0.39 is 67.7 Å². The van der Waals surface area contributed by atoms with Crippen LogP contribution in [-0.2, 0) is 31.5 Å². The van der Waals surface area contributed by atoms with E-state index in [2.05, 4.69) is 15.1 Å². The molecule has 0 unspecified atom stereocenters. The number of carbonyl (C=O) groups excluding carboxylic acids is 4. The molecular formula is C41H45FN6O7S. The van der Waals surface area contributed by atoms with E-state index in [0.717, 1.165) is 18.2 Å². The molecule has 2 aliphatic heterocycles. The lowest BCUT2D eigenvalue weighted by atomic mass is 9.91. The minimum atomic E-state index is -3.97. The summed E-state index contributed by atoms with van der Waals surface area (Å²) in [5.74, 6) is -2.67. The number of aromatic nitrogens is 3. The van der Waals surface area contributed by atoms with Gasteiger partial charge in [-0.2, -0.15) is 5.10 Å². The van der Waals surface area contributed by atoms with Crippen molar-refractivity contribution in [1.82, 2.24) is 29.7 Å². The average molecular weight is 785 g/mol. The van der Waals surface area contributed by atoms with E-state index in [4.69, 9.17) is 9.72 Å². The predicted molar refractivity (Wildman–Crippen MR) is 205 cm³/mol. The third-order valence-corrected chi connectivity index (χ3v) is 14.2. The van der Waals surface area contributed by atoms with Crippen molar-refractivity contribution >= 4 is 55.2 Å². The average Bonchev–Trinajstić information content (AvgIpc) is 3.97. The predicted octanol–water partition coefficient (Wildman–Crippen LogP) is 4.89. The summed E-state index contributed by atoms with van der Waals surface area (Å²) in [5, 5.41) is 8.95. The van der Waals surface area contributed by atoms with Crippen LogP contribution in [0.3, 0.4) is 0 Å². The minimum absolute atomic E-state index is 0.0301. The zero-order chi connectivity index (χ0) is 39.4. The third kappa shape index (κ3) is 7.17. The number of Topliss-reactive ketones (excluding diaryl/α,β-unsaturated/α-hetero) is 1. The Bertz CT molecular complexity index is 2390. The standard InChI is InChI=1S/C41H45FN6O7S/c1-40(17-18-40)56(53,54)46-39(52)41-22-25(41)10-6-4-3-5-7-13-33(43-36(50)32-16-19-47(2)45-32)38(51)48-24-27(21-34(48)35(49)23-41)55-37-29-15-14-26(42)20-30(29)28-11-8-9-12-31(28)44-37/h6,8-12,14-16,19-20,25,27,33-34H,3-5,7,13,17-18,21-24H2,1-2H3,(H,43,50)(H,46,52)/b10-6-/t25-,27-,33+,34+,41-/m1/s1. The van der Waals surface area contributed by atoms with Crippen LogP contribution in [0.5, 0.6) is 5.88 Å². The van der Waals surface area contributed by atoms with Crippen LogP contribution in [0.15, 0.2) is 66.9 Å². The SMILES string of the molecule is Cn1ccc(C(=O)N[C@H]2CCCCC/C=C\[C@@H]3C[C@@]3(C(=O)NS(=O)(=O)C3(C)CC3)CC(=O)[C@@H]3C[C@@H](Oc4nc5ccccc5c5cc(F)ccc45)CN3C2=O)n1. The molecule has 56 heavy (non-hydrogen) atoms. The monoisotopic (exact) mass is 784 g/mol. The molecule has 294 valence electrons. The van der Waals surface area contributed by atoms with Crippen LogP contribution in [0.4, 0.5) is 4.39 Å². The molecule has 1 saturated heterocycles. The number of rotatable bonds is 7. The van der Waals surface area contributed by atoms with Gasteiger partial charge in [0.05, 0.1) is 28.3 Å². The number of fused-ring (bicyclic) bond motifs is 5. The van der Waals surface area contributed by atoms with Crippen molar-refractivity contribution < 1.29 is 36.7 Å². The number of para-hydroxylation sites is 1. The first-order valence-electron chi connectivity index (χ1n) is 19.3. The maximum absolute atomic E-state index is 14.7. The Hall–Kier alpha value is -5.18. The zero-order valence-electron chi connectivity index (χ0n) is 31.4. The maximum atomic E-state index is 14.7. The number of aryl methyl sites for hydroxylation is 1. The normalized spacial score (nSPS) is 27.1. The van der Waals surface area contributed by atoms with Crippen molar-refractivity contribution in [3.8, 4) is 5.88 Å². The molecule has 3 fully saturated rings. The smallest absolute Gasteiger partial charge is 0.272 e. The van der Waals surface area contributed by atoms with Gasteiger partial charge in [0.1, 0.15) is 23.7 Å². The maximum Gasteiger partial charge on any atom is 0.272 e. The Kier molecular flexibility index (Phi) is 9.70. The van der Waals surface area contributed by atoms with Crippen molar-refractivity contribution in [2.45, 2.75) is 94.1 Å². The number of amides is 3. The number of carbonyl (C=O) groups is 4. The molecule has 4 heterocycles. The van der Waals surface area contributed by atoms with Crippen LogP contribution < -0.4 is 14.8 Å². The van der Waals surface area contributed by atoms with Crippen molar-refractivity contribution in [1.29, 1.82) is 0 Å². The number of hydrogen-bond donors (Lipinski definition) is 2. The van der Waals surface area contributed by atoms with E-state index in [1.165, 1.54) is 21.7 Å². The summed E-state index contributed by atoms with van der Waals surface area (Å²) in [5.41, 5.74) is -0.578. The highest BCUT2D eigenvalue weighted by Crippen LogP contribution is 2.57. The van der Waals surface area contributed by atoms with Crippen LogP contribution in [0.1, 0.15) is 81.6 Å². The van der Waals surface area contributed by atoms with Crippen LogP contribution in [0.2, 0.25) is 0 Å². The Labute approximate surface area is 324 Å². The number of halogens is 1. The number of ether oxygens (including phenoxy) is 1. The largest absolute Gasteiger partial charge is 0.472 e. The number of pyridine rings is 1. The molecule has 2 N–H and O–H groups in total. The Balaban J connectivity index is 1.13. The molecule has 4 aromatic rings. The molecule has 5 atom stereocenters. The van der Waals surface area contributed by atoms with E-state index in [1.807, 2.05) is 30.4 Å². The minimum Gasteiger partial charge on any atom is -0.472 e. The first kappa shape index (κ1) is 37.7. The van der Waals surface area contributed by atoms with Crippen LogP contribution in [0.25, 0.3) is 21.7 Å². The summed E-state index contributed by atoms with van der Waals surface area (Å²) in [7, 11) is -2.29. The van der Waals surface area contributed by atoms with Gasteiger partial charge in [0.15, 0.2) is 5.78 Å². The van der Waals surface area contributed by atoms with Crippen molar-refractivity contribution in [3.05, 3.63) is 78.4 Å². The van der Waals surface area contributed by atoms with Crippen molar-refractivity contribution in [2.75, 3.05) is 6.54 Å². The van der Waals surface area contributed by atoms with Crippen molar-refractivity contribution in [2.24, 2.45) is 18.4 Å². The second-order valence-corrected chi connectivity index (χ2v) is 18.3. The van der Waals surface area contributed by atoms with E-state index in [0.29, 0.717) is 54.8 Å². The highest BCUT2D eigenvalue weighted by Gasteiger charge is 2.62. The van der Waals surface area contributed by atoms with Gasteiger partial charge >= 0.3 is 0 Å². The molecule has 15 heteroatoms. The number of benzene rings is 2. The van der Waals surface area contributed by atoms with Crippen molar-refractivity contribution in [3.63, 3.8) is 0 Å². The summed E-state index contributed by atoms with van der Waals surface area (Å²) >= 11 is 0. The second kappa shape index (κ2) is 14.4. The third-order valence-electron chi connectivity index (χ3n) is 12.0. The fraction of sp³-hybridized carbons (Fsp3) is 0.463. The molecule has 2 aliphatic carbocycles. The van der Waals surface area contributed by atoms with E-state index in [9.17, 15) is 32.0 Å². The van der Waals surface area contributed by atoms with E-state index in [1.54, 1.807) is 38.4 Å². The van der Waals surface area contributed by atoms with E-state index in [-0.39, 0.29) is 36.9 Å². The molecule has 2 aromatic carbocycles. The summed E-state index contributed by atoms with van der Waals surface area (Å²) in [4.78, 5) is 62.8. The molecule has 2 aromatic heterocycles. The number of sulfonamides is 1. The van der Waals surface area contributed by atoms with Gasteiger partial charge in [-0.05, 0) is 87.1 Å². The Morgan fingerprint density at radius 1 is 1.02 bits per heavy atom. The highest BCUT2D eigenvalue weighted by molar-refractivity contribution is 7.91. The number of allylic oxidation sites excluding steroid dienone is 2. The lowest BCUT2D eigenvalue weighted by Gasteiger charge is -2.29. The number of hydrogen-bond acceptors (Lipinski definition) is 9. The molecule has 0 spiro atoms. The molecule has 4 aliphatic rings. The Morgan fingerprint density at radius 3 is 2.59 bits per heavy atom. The summed E-state index contributed by atoms with van der Waals surface area (Å²) < 4.78 is 50.3. The van der Waals surface area contributed by atoms with Gasteiger partial charge in [-0.1, -0.05) is 43.2 Å². The van der Waals surface area contributed by atoms with Crippen LogP contribution in [0, 0.1) is 17.2 Å². The fourth-order valence-electron chi connectivity index (χ4n) is 8.20. The van der Waals surface area contributed by atoms with Gasteiger partial charge < -0.3 is 15.0 Å². The number of nitrogens with zero attached hydrogens (tertiary/aromatic N) is 4. The Morgan fingerprint density at radius 2 is 1.82 bits per heavy atom. The molecule has 0 radical (unpaired) electrons. The molecule has 13 nitrogen and oxygen atoms in total. The lowest BCUT2D eigenvalue weighted by molar-refractivity contribution is -0.140. The lowest BCUT2D eigenvalue weighted by Crippen LogP contribution is -2.52. The zero-order valence-corrected chi connectivity index (χ0v) is 32.2. The molecule has 3 amide bonds. The first-order chi connectivity index (χ1) is 26.8. The summed E-state index contributed by atoms with van der Waals surface area (Å²) in [6.45, 7) is 1.57. The summed E-state index contributed by atoms with van der Waals surface area (Å²) in [6, 6.07) is 11.1. The first-order valence-corrected chi connectivity index (χ1v) is 20.8. The topological polar surface area (TPSA) is 170 Å². The number of ketones is 1. The molecule has 2 saturated carbocycles. The fourth-order valence-corrected chi connectivity index (χ4v) is 9.53. The van der Waals surface area contributed by atoms with Gasteiger partial charge in [-0.15, -0.1) is 0 Å². The second-order valence-electron chi connectivity index (χ2n) is 16.1. The quantitative estimate of drug-likeness (QED) is 0.196. The molecule has 8 rings (SSSR count). The number of nitrogens with one attached hydrogen (secondary N) is 2. The van der Waals surface area contributed by atoms with Crippen LogP contribution in [-0.4, -0.2) is 81.1 Å². The van der Waals surface area contributed by atoms with Gasteiger partial charge in [0, 0.05) is 36.9 Å². The summed E-state index contributed by atoms with van der Waals surface area (Å²) in [6.07, 6.45) is 8.92. The van der Waals surface area contributed by atoms with Gasteiger partial charge in [-0.3, -0.25) is 28.6 Å². The molecule has 0 bridgehead atoms. The van der Waals surface area contributed by atoms with Gasteiger partial charge in [0.25, 0.3) is 5.91 Å². The van der Waals surface area contributed by atoms with Crippen LogP contribution >= 0.6 is 0 Å². The highest BCUT2D eigenvalue weighted by atomic mass is 32.2. The van der Waals surface area contributed by atoms with Gasteiger partial charge in [-0.25, -0.2) is 17.8 Å². The van der Waals surface area contributed by atoms with E-state index >= 15 is 0 Å². The van der Waals surface area contributed by atoms with Gasteiger partial charge in [0.2, 0.25) is 27.7 Å².